The molecule has 0 unspecified atom stereocenters. The summed E-state index contributed by atoms with van der Waals surface area (Å²) in [6.07, 6.45) is -1.31. The standard InChI is InChI=1S/C13H16N2O4/c1-13(2,7-14)8-3-4-10-9(5-8)15(12(17)18)11(16)6-19-10/h3-5H,6-7,14H2,1-2H3,(H,17,18). The first-order valence-corrected chi connectivity index (χ1v) is 5.90. The van der Waals surface area contributed by atoms with E-state index in [9.17, 15) is 9.59 Å². The number of fused-ring (bicyclic) bond motifs is 1. The number of rotatable bonds is 2. The highest BCUT2D eigenvalue weighted by Crippen LogP contribution is 2.36. The number of hydrogen-bond donors (Lipinski definition) is 2. The zero-order valence-electron chi connectivity index (χ0n) is 10.8. The van der Waals surface area contributed by atoms with Crippen molar-refractivity contribution < 1.29 is 19.4 Å². The number of nitrogens with zero attached hydrogens (tertiary/aromatic N) is 1. The van der Waals surface area contributed by atoms with Crippen molar-refractivity contribution in [3.05, 3.63) is 23.8 Å². The van der Waals surface area contributed by atoms with Crippen molar-refractivity contribution in [3.63, 3.8) is 0 Å². The molecule has 0 radical (unpaired) electrons. The molecule has 3 N–H and O–H groups in total. The number of carbonyl (C=O) groups is 2. The highest BCUT2D eigenvalue weighted by Gasteiger charge is 2.32. The summed E-state index contributed by atoms with van der Waals surface area (Å²) in [5.41, 5.74) is 6.51. The first-order valence-electron chi connectivity index (χ1n) is 5.90. The molecule has 0 aromatic heterocycles. The summed E-state index contributed by atoms with van der Waals surface area (Å²) in [7, 11) is 0. The summed E-state index contributed by atoms with van der Waals surface area (Å²) in [6, 6.07) is 5.15. The number of anilines is 1. The third-order valence-electron chi connectivity index (χ3n) is 3.28. The molecule has 0 saturated heterocycles. The van der Waals surface area contributed by atoms with Gasteiger partial charge < -0.3 is 15.6 Å². The summed E-state index contributed by atoms with van der Waals surface area (Å²) in [5.74, 6) is -0.207. The van der Waals surface area contributed by atoms with E-state index in [4.69, 9.17) is 15.6 Å². The average molecular weight is 264 g/mol. The minimum absolute atomic E-state index is 0.253. The van der Waals surface area contributed by atoms with Gasteiger partial charge in [-0.25, -0.2) is 9.69 Å². The van der Waals surface area contributed by atoms with E-state index in [0.29, 0.717) is 12.3 Å². The molecule has 0 atom stereocenters. The van der Waals surface area contributed by atoms with E-state index in [1.807, 2.05) is 19.9 Å². The predicted molar refractivity (Wildman–Crippen MR) is 69.5 cm³/mol. The number of hydrogen-bond acceptors (Lipinski definition) is 4. The van der Waals surface area contributed by atoms with Crippen LogP contribution in [0.2, 0.25) is 0 Å². The molecule has 0 fully saturated rings. The maximum Gasteiger partial charge on any atom is 0.418 e. The number of carbonyl (C=O) groups excluding carboxylic acids is 1. The summed E-state index contributed by atoms with van der Waals surface area (Å²) in [5, 5.41) is 9.13. The van der Waals surface area contributed by atoms with Crippen molar-refractivity contribution in [1.82, 2.24) is 0 Å². The Kier molecular flexibility index (Phi) is 3.20. The van der Waals surface area contributed by atoms with Gasteiger partial charge >= 0.3 is 6.09 Å². The van der Waals surface area contributed by atoms with Gasteiger partial charge in [-0.15, -0.1) is 0 Å². The Morgan fingerprint density at radius 1 is 1.53 bits per heavy atom. The van der Waals surface area contributed by atoms with Gasteiger partial charge in [-0.2, -0.15) is 0 Å². The molecule has 1 aliphatic heterocycles. The molecule has 0 saturated carbocycles. The van der Waals surface area contributed by atoms with E-state index in [-0.39, 0.29) is 17.7 Å². The van der Waals surface area contributed by atoms with Crippen molar-refractivity contribution in [2.75, 3.05) is 18.1 Å². The van der Waals surface area contributed by atoms with Gasteiger partial charge in [0, 0.05) is 12.0 Å². The lowest BCUT2D eigenvalue weighted by Gasteiger charge is -2.29. The molecule has 102 valence electrons. The minimum atomic E-state index is -1.31. The Bertz CT molecular complexity index is 539. The Morgan fingerprint density at radius 3 is 2.79 bits per heavy atom. The van der Waals surface area contributed by atoms with Crippen LogP contribution in [0.1, 0.15) is 19.4 Å². The van der Waals surface area contributed by atoms with Crippen LogP contribution in [-0.4, -0.2) is 30.3 Å². The van der Waals surface area contributed by atoms with Gasteiger partial charge in [0.2, 0.25) is 0 Å². The molecule has 1 aliphatic rings. The summed E-state index contributed by atoms with van der Waals surface area (Å²) >= 11 is 0. The van der Waals surface area contributed by atoms with Crippen LogP contribution >= 0.6 is 0 Å². The van der Waals surface area contributed by atoms with Crippen molar-refractivity contribution in [1.29, 1.82) is 0 Å². The first kappa shape index (κ1) is 13.4. The zero-order chi connectivity index (χ0) is 14.2. The monoisotopic (exact) mass is 264 g/mol. The lowest BCUT2D eigenvalue weighted by Crippen LogP contribution is -2.42. The van der Waals surface area contributed by atoms with Crippen LogP contribution in [-0.2, 0) is 10.2 Å². The van der Waals surface area contributed by atoms with Crippen LogP contribution in [0.3, 0.4) is 0 Å². The smallest absolute Gasteiger partial charge is 0.418 e. The van der Waals surface area contributed by atoms with Crippen molar-refractivity contribution in [2.24, 2.45) is 5.73 Å². The second-order valence-electron chi connectivity index (χ2n) is 5.07. The number of imide groups is 1. The minimum Gasteiger partial charge on any atom is -0.482 e. The number of ether oxygens (including phenoxy) is 1. The Balaban J connectivity index is 2.53. The van der Waals surface area contributed by atoms with Crippen LogP contribution in [0.4, 0.5) is 10.5 Å². The van der Waals surface area contributed by atoms with Gasteiger partial charge in [-0.05, 0) is 17.7 Å². The quantitative estimate of drug-likeness (QED) is 0.840. The SMILES string of the molecule is CC(C)(CN)c1ccc2c(c1)N(C(=O)O)C(=O)CO2. The third-order valence-corrected chi connectivity index (χ3v) is 3.28. The third kappa shape index (κ3) is 2.26. The Morgan fingerprint density at radius 2 is 2.21 bits per heavy atom. The molecular weight excluding hydrogens is 248 g/mol. The van der Waals surface area contributed by atoms with E-state index < -0.39 is 12.0 Å². The number of nitrogens with two attached hydrogens (primary N) is 1. The van der Waals surface area contributed by atoms with Gasteiger partial charge in [0.05, 0.1) is 5.69 Å². The maximum atomic E-state index is 11.6. The van der Waals surface area contributed by atoms with Crippen LogP contribution in [0.15, 0.2) is 18.2 Å². The van der Waals surface area contributed by atoms with Gasteiger partial charge in [0.15, 0.2) is 6.61 Å². The Hall–Kier alpha value is -2.08. The molecule has 1 aromatic rings. The van der Waals surface area contributed by atoms with Crippen molar-refractivity contribution in [2.45, 2.75) is 19.3 Å². The molecule has 0 spiro atoms. The van der Waals surface area contributed by atoms with E-state index in [2.05, 4.69) is 0 Å². The van der Waals surface area contributed by atoms with Crippen LogP contribution < -0.4 is 15.4 Å². The molecule has 0 aliphatic carbocycles. The van der Waals surface area contributed by atoms with Gasteiger partial charge in [-0.1, -0.05) is 19.9 Å². The topological polar surface area (TPSA) is 92.9 Å². The lowest BCUT2D eigenvalue weighted by molar-refractivity contribution is -0.120. The predicted octanol–water partition coefficient (Wildman–Crippen LogP) is 1.33. The first-order chi connectivity index (χ1) is 8.86. The number of benzene rings is 1. The van der Waals surface area contributed by atoms with Crippen LogP contribution in [0.5, 0.6) is 5.75 Å². The molecule has 1 aromatic carbocycles. The molecule has 6 heteroatoms. The van der Waals surface area contributed by atoms with Crippen LogP contribution in [0.25, 0.3) is 0 Å². The summed E-state index contributed by atoms with van der Waals surface area (Å²) < 4.78 is 5.23. The number of carboxylic acid groups (broad SMARTS) is 1. The van der Waals surface area contributed by atoms with E-state index in [0.717, 1.165) is 10.5 Å². The van der Waals surface area contributed by atoms with Gasteiger partial charge in [0.1, 0.15) is 5.75 Å². The fourth-order valence-electron chi connectivity index (χ4n) is 1.90. The van der Waals surface area contributed by atoms with E-state index in [1.165, 1.54) is 0 Å². The summed E-state index contributed by atoms with van der Waals surface area (Å²) in [6.45, 7) is 4.04. The summed E-state index contributed by atoms with van der Waals surface area (Å²) in [4.78, 5) is 23.5. The van der Waals surface area contributed by atoms with Crippen LogP contribution in [0, 0.1) is 0 Å². The van der Waals surface area contributed by atoms with E-state index >= 15 is 0 Å². The maximum absolute atomic E-state index is 11.6. The molecule has 2 rings (SSSR count). The van der Waals surface area contributed by atoms with Crippen molar-refractivity contribution >= 4 is 17.7 Å². The average Bonchev–Trinajstić information content (AvgIpc) is 2.37. The largest absolute Gasteiger partial charge is 0.482 e. The fraction of sp³-hybridized carbons (Fsp3) is 0.385. The molecular formula is C13H16N2O4. The molecule has 1 heterocycles. The molecule has 0 bridgehead atoms. The van der Waals surface area contributed by atoms with Crippen molar-refractivity contribution in [3.8, 4) is 5.75 Å². The number of amides is 2. The molecule has 19 heavy (non-hydrogen) atoms. The highest BCUT2D eigenvalue weighted by atomic mass is 16.5. The zero-order valence-corrected chi connectivity index (χ0v) is 10.8. The fourth-order valence-corrected chi connectivity index (χ4v) is 1.90. The highest BCUT2D eigenvalue weighted by molar-refractivity contribution is 6.14. The second-order valence-corrected chi connectivity index (χ2v) is 5.07. The lowest BCUT2D eigenvalue weighted by atomic mass is 9.84. The molecule has 6 nitrogen and oxygen atoms in total. The van der Waals surface area contributed by atoms with E-state index in [1.54, 1.807) is 12.1 Å². The molecule has 2 amide bonds. The normalized spacial score (nSPS) is 14.9. The second kappa shape index (κ2) is 4.55. The van der Waals surface area contributed by atoms with Gasteiger partial charge in [0.25, 0.3) is 5.91 Å². The van der Waals surface area contributed by atoms with Gasteiger partial charge in [-0.3, -0.25) is 4.79 Å². The Labute approximate surface area is 110 Å².